The van der Waals surface area contributed by atoms with Crippen molar-refractivity contribution in [2.24, 2.45) is 0 Å². The SMILES string of the molecule is COc1ccc(OCCS(=O)c2ccc(N)c(C)c2)cc1. The van der Waals surface area contributed by atoms with E-state index in [1.165, 1.54) is 0 Å². The molecule has 0 amide bonds. The van der Waals surface area contributed by atoms with Gasteiger partial charge in [-0.25, -0.2) is 0 Å². The van der Waals surface area contributed by atoms with Gasteiger partial charge in [0.25, 0.3) is 0 Å². The van der Waals surface area contributed by atoms with Crippen molar-refractivity contribution in [3.8, 4) is 11.5 Å². The number of hydrogen-bond acceptors (Lipinski definition) is 4. The first-order valence-corrected chi connectivity index (χ1v) is 7.93. The topological polar surface area (TPSA) is 61.5 Å². The summed E-state index contributed by atoms with van der Waals surface area (Å²) in [6.45, 7) is 2.30. The van der Waals surface area contributed by atoms with Crippen molar-refractivity contribution in [1.82, 2.24) is 0 Å². The van der Waals surface area contributed by atoms with Crippen LogP contribution in [0.25, 0.3) is 0 Å². The number of benzene rings is 2. The van der Waals surface area contributed by atoms with Crippen molar-refractivity contribution in [2.45, 2.75) is 11.8 Å². The standard InChI is InChI=1S/C16H19NO3S/c1-12-11-15(7-8-16(12)17)21(18)10-9-20-14-5-3-13(19-2)4-6-14/h3-8,11H,9-10,17H2,1-2H3. The first kappa shape index (κ1) is 15.4. The first-order chi connectivity index (χ1) is 10.1. The molecule has 0 saturated heterocycles. The molecule has 0 spiro atoms. The molecule has 0 radical (unpaired) electrons. The average Bonchev–Trinajstić information content (AvgIpc) is 2.50. The Labute approximate surface area is 127 Å². The summed E-state index contributed by atoms with van der Waals surface area (Å²) in [5.41, 5.74) is 7.41. The van der Waals surface area contributed by atoms with E-state index in [1.54, 1.807) is 19.2 Å². The van der Waals surface area contributed by atoms with Gasteiger partial charge in [0.2, 0.25) is 0 Å². The number of nitrogens with two attached hydrogens (primary N) is 1. The second-order valence-corrected chi connectivity index (χ2v) is 6.16. The Kier molecular flexibility index (Phi) is 5.22. The highest BCUT2D eigenvalue weighted by Gasteiger charge is 2.06. The molecule has 0 aliphatic rings. The molecule has 112 valence electrons. The highest BCUT2D eigenvalue weighted by Crippen LogP contribution is 2.18. The van der Waals surface area contributed by atoms with Crippen LogP contribution in [0.2, 0.25) is 0 Å². The van der Waals surface area contributed by atoms with E-state index in [0.717, 1.165) is 22.0 Å². The highest BCUT2D eigenvalue weighted by atomic mass is 32.2. The maximum atomic E-state index is 12.2. The molecule has 2 rings (SSSR count). The zero-order valence-electron chi connectivity index (χ0n) is 12.2. The van der Waals surface area contributed by atoms with E-state index in [0.29, 0.717) is 18.0 Å². The molecule has 2 aromatic rings. The average molecular weight is 305 g/mol. The van der Waals surface area contributed by atoms with E-state index < -0.39 is 10.8 Å². The van der Waals surface area contributed by atoms with Crippen LogP contribution < -0.4 is 15.2 Å². The summed E-state index contributed by atoms with van der Waals surface area (Å²) in [7, 11) is 0.532. The molecule has 0 bridgehead atoms. The lowest BCUT2D eigenvalue weighted by atomic mass is 10.2. The molecule has 0 heterocycles. The minimum atomic E-state index is -1.09. The van der Waals surface area contributed by atoms with Crippen LogP contribution in [-0.4, -0.2) is 23.7 Å². The number of hydrogen-bond donors (Lipinski definition) is 1. The van der Waals surface area contributed by atoms with Gasteiger partial charge < -0.3 is 15.2 Å². The summed E-state index contributed by atoms with van der Waals surface area (Å²) in [6.07, 6.45) is 0. The van der Waals surface area contributed by atoms with Gasteiger partial charge in [-0.3, -0.25) is 4.21 Å². The molecule has 1 unspecified atom stereocenters. The number of ether oxygens (including phenoxy) is 2. The summed E-state index contributed by atoms with van der Waals surface area (Å²) in [4.78, 5) is 0.778. The van der Waals surface area contributed by atoms with Crippen LogP contribution >= 0.6 is 0 Å². The van der Waals surface area contributed by atoms with E-state index in [2.05, 4.69) is 0 Å². The largest absolute Gasteiger partial charge is 0.497 e. The lowest BCUT2D eigenvalue weighted by Crippen LogP contribution is -2.09. The maximum absolute atomic E-state index is 12.2. The predicted molar refractivity (Wildman–Crippen MR) is 85.4 cm³/mol. The van der Waals surface area contributed by atoms with Gasteiger partial charge in [-0.05, 0) is 55.0 Å². The van der Waals surface area contributed by atoms with Gasteiger partial charge in [-0.1, -0.05) is 0 Å². The predicted octanol–water partition coefficient (Wildman–Crippen LogP) is 2.77. The maximum Gasteiger partial charge on any atom is 0.119 e. The number of nitrogen functional groups attached to an aromatic ring is 1. The van der Waals surface area contributed by atoms with Crippen LogP contribution in [0, 0.1) is 6.92 Å². The van der Waals surface area contributed by atoms with Crippen LogP contribution in [0.3, 0.4) is 0 Å². The first-order valence-electron chi connectivity index (χ1n) is 6.61. The van der Waals surface area contributed by atoms with Crippen LogP contribution in [0.5, 0.6) is 11.5 Å². The van der Waals surface area contributed by atoms with Crippen LogP contribution in [-0.2, 0) is 10.8 Å². The molecule has 0 aliphatic heterocycles. The smallest absolute Gasteiger partial charge is 0.119 e. The summed E-state index contributed by atoms with van der Waals surface area (Å²) in [5.74, 6) is 1.96. The minimum absolute atomic E-state index is 0.391. The Hall–Kier alpha value is -2.01. The molecule has 0 saturated carbocycles. The van der Waals surface area contributed by atoms with Crippen molar-refractivity contribution in [1.29, 1.82) is 0 Å². The molecular formula is C16H19NO3S. The summed E-state index contributed by atoms with van der Waals surface area (Å²) < 4.78 is 22.8. The Bertz CT molecular complexity index is 626. The van der Waals surface area contributed by atoms with Gasteiger partial charge >= 0.3 is 0 Å². The third kappa shape index (κ3) is 4.23. The lowest BCUT2D eigenvalue weighted by Gasteiger charge is -2.08. The van der Waals surface area contributed by atoms with Crippen molar-refractivity contribution >= 4 is 16.5 Å². The second-order valence-electron chi connectivity index (χ2n) is 4.59. The van der Waals surface area contributed by atoms with Crippen LogP contribution in [0.1, 0.15) is 5.56 Å². The molecule has 1 atom stereocenters. The Morgan fingerprint density at radius 1 is 1.10 bits per heavy atom. The van der Waals surface area contributed by atoms with E-state index >= 15 is 0 Å². The summed E-state index contributed by atoms with van der Waals surface area (Å²) in [6, 6.07) is 12.8. The molecule has 2 aromatic carbocycles. The third-order valence-electron chi connectivity index (χ3n) is 3.10. The van der Waals surface area contributed by atoms with E-state index in [1.807, 2.05) is 37.3 Å². The van der Waals surface area contributed by atoms with Gasteiger partial charge in [0, 0.05) is 10.6 Å². The van der Waals surface area contributed by atoms with Crippen LogP contribution in [0.15, 0.2) is 47.4 Å². The van der Waals surface area contributed by atoms with E-state index in [9.17, 15) is 4.21 Å². The Morgan fingerprint density at radius 2 is 1.76 bits per heavy atom. The quantitative estimate of drug-likeness (QED) is 0.834. The molecule has 0 fully saturated rings. The normalized spacial score (nSPS) is 11.9. The lowest BCUT2D eigenvalue weighted by molar-refractivity contribution is 0.341. The Balaban J connectivity index is 1.87. The monoisotopic (exact) mass is 305 g/mol. The molecule has 5 heteroatoms. The summed E-state index contributed by atoms with van der Waals surface area (Å²) in [5, 5.41) is 0. The van der Waals surface area contributed by atoms with Crippen molar-refractivity contribution in [3.05, 3.63) is 48.0 Å². The van der Waals surface area contributed by atoms with E-state index in [4.69, 9.17) is 15.2 Å². The number of methoxy groups -OCH3 is 1. The molecular weight excluding hydrogens is 286 g/mol. The molecule has 2 N–H and O–H groups in total. The number of aryl methyl sites for hydroxylation is 1. The second kappa shape index (κ2) is 7.13. The number of anilines is 1. The summed E-state index contributed by atoms with van der Waals surface area (Å²) >= 11 is 0. The molecule has 0 aliphatic carbocycles. The fourth-order valence-corrected chi connectivity index (χ4v) is 2.81. The number of rotatable bonds is 6. The van der Waals surface area contributed by atoms with Crippen molar-refractivity contribution < 1.29 is 13.7 Å². The van der Waals surface area contributed by atoms with Crippen LogP contribution in [0.4, 0.5) is 5.69 Å². The fourth-order valence-electron chi connectivity index (χ4n) is 1.81. The van der Waals surface area contributed by atoms with Gasteiger partial charge in [0.15, 0.2) is 0 Å². The highest BCUT2D eigenvalue weighted by molar-refractivity contribution is 7.85. The van der Waals surface area contributed by atoms with Gasteiger partial charge in [-0.2, -0.15) is 0 Å². The van der Waals surface area contributed by atoms with Crippen molar-refractivity contribution in [3.63, 3.8) is 0 Å². The zero-order valence-corrected chi connectivity index (χ0v) is 13.0. The Morgan fingerprint density at radius 3 is 2.38 bits per heavy atom. The fraction of sp³-hybridized carbons (Fsp3) is 0.250. The molecule has 21 heavy (non-hydrogen) atoms. The minimum Gasteiger partial charge on any atom is -0.497 e. The zero-order chi connectivity index (χ0) is 15.2. The van der Waals surface area contributed by atoms with Gasteiger partial charge in [-0.15, -0.1) is 0 Å². The third-order valence-corrected chi connectivity index (χ3v) is 4.42. The van der Waals surface area contributed by atoms with Gasteiger partial charge in [0.1, 0.15) is 18.1 Å². The molecule has 0 aromatic heterocycles. The molecule has 4 nitrogen and oxygen atoms in total. The van der Waals surface area contributed by atoms with Crippen molar-refractivity contribution in [2.75, 3.05) is 25.2 Å². The van der Waals surface area contributed by atoms with E-state index in [-0.39, 0.29) is 0 Å². The van der Waals surface area contributed by atoms with Gasteiger partial charge in [0.05, 0.1) is 23.7 Å².